The van der Waals surface area contributed by atoms with E-state index < -0.39 is 11.7 Å². The highest BCUT2D eigenvalue weighted by atomic mass is 35.5. The molecular weight excluding hydrogens is 279 g/mol. The number of hydrogen-bond acceptors (Lipinski definition) is 2. The van der Waals surface area contributed by atoms with Crippen LogP contribution in [0.2, 0.25) is 5.15 Å². The zero-order valence-electron chi connectivity index (χ0n) is 10.5. The number of nitrogens with zero attached hydrogens (tertiary/aromatic N) is 1. The lowest BCUT2D eigenvalue weighted by Gasteiger charge is -2.26. The van der Waals surface area contributed by atoms with Crippen LogP contribution in [0, 0.1) is 5.92 Å². The number of aromatic nitrogens is 1. The SMILES string of the molecule is CC1CCC(Oc2cc(C(F)(F)F)cc(Cl)n2)CC1. The molecule has 0 spiro atoms. The molecule has 0 aliphatic heterocycles. The second-order valence-corrected chi connectivity index (χ2v) is 5.40. The Hall–Kier alpha value is -0.970. The van der Waals surface area contributed by atoms with Crippen LogP contribution in [0.15, 0.2) is 12.1 Å². The third kappa shape index (κ3) is 4.00. The van der Waals surface area contributed by atoms with Gasteiger partial charge in [0.25, 0.3) is 0 Å². The minimum absolute atomic E-state index is 0.0422. The molecule has 0 N–H and O–H groups in total. The molecule has 6 heteroatoms. The van der Waals surface area contributed by atoms with Crippen molar-refractivity contribution in [1.82, 2.24) is 4.98 Å². The van der Waals surface area contributed by atoms with E-state index in [2.05, 4.69) is 11.9 Å². The van der Waals surface area contributed by atoms with Crippen molar-refractivity contribution in [3.8, 4) is 5.88 Å². The third-order valence-electron chi connectivity index (χ3n) is 3.35. The predicted octanol–water partition coefficient (Wildman–Crippen LogP) is 4.71. The van der Waals surface area contributed by atoms with Crippen molar-refractivity contribution in [2.75, 3.05) is 0 Å². The fourth-order valence-corrected chi connectivity index (χ4v) is 2.42. The smallest absolute Gasteiger partial charge is 0.416 e. The number of hydrogen-bond donors (Lipinski definition) is 0. The molecule has 0 radical (unpaired) electrons. The first kappa shape index (κ1) is 14.4. The molecule has 0 saturated heterocycles. The van der Waals surface area contributed by atoms with Crippen LogP contribution >= 0.6 is 11.6 Å². The molecule has 0 atom stereocenters. The Morgan fingerprint density at radius 2 is 1.84 bits per heavy atom. The van der Waals surface area contributed by atoms with Crippen molar-refractivity contribution in [3.63, 3.8) is 0 Å². The van der Waals surface area contributed by atoms with Crippen LogP contribution in [-0.4, -0.2) is 11.1 Å². The summed E-state index contributed by atoms with van der Waals surface area (Å²) in [6.45, 7) is 2.16. The number of halogens is 4. The molecule has 2 nitrogen and oxygen atoms in total. The average molecular weight is 294 g/mol. The lowest BCUT2D eigenvalue weighted by molar-refractivity contribution is -0.137. The highest BCUT2D eigenvalue weighted by Crippen LogP contribution is 2.33. The summed E-state index contributed by atoms with van der Waals surface area (Å²) in [5, 5.41) is -0.200. The Kier molecular flexibility index (Phi) is 4.23. The summed E-state index contributed by atoms with van der Waals surface area (Å²) in [6, 6.07) is 1.71. The molecule has 106 valence electrons. The molecule has 0 bridgehead atoms. The second kappa shape index (κ2) is 5.57. The van der Waals surface area contributed by atoms with Gasteiger partial charge >= 0.3 is 6.18 Å². The molecule has 1 aliphatic carbocycles. The zero-order chi connectivity index (χ0) is 14.0. The molecule has 0 amide bonds. The Balaban J connectivity index is 2.10. The van der Waals surface area contributed by atoms with Crippen molar-refractivity contribution in [2.24, 2.45) is 5.92 Å². The van der Waals surface area contributed by atoms with Crippen LogP contribution < -0.4 is 4.74 Å². The molecule has 1 heterocycles. The van der Waals surface area contributed by atoms with Crippen molar-refractivity contribution in [1.29, 1.82) is 0 Å². The van der Waals surface area contributed by atoms with E-state index in [9.17, 15) is 13.2 Å². The lowest BCUT2D eigenvalue weighted by Crippen LogP contribution is -2.23. The summed E-state index contributed by atoms with van der Waals surface area (Å²) in [5.41, 5.74) is -0.827. The predicted molar refractivity (Wildman–Crippen MR) is 66.3 cm³/mol. The molecule has 0 unspecified atom stereocenters. The molecule has 1 fully saturated rings. The minimum Gasteiger partial charge on any atom is -0.474 e. The van der Waals surface area contributed by atoms with E-state index in [1.54, 1.807) is 0 Å². The molecule has 0 aromatic carbocycles. The fraction of sp³-hybridized carbons (Fsp3) is 0.615. The highest BCUT2D eigenvalue weighted by molar-refractivity contribution is 6.29. The molecular formula is C13H15ClF3NO. The van der Waals surface area contributed by atoms with E-state index in [1.807, 2.05) is 0 Å². The second-order valence-electron chi connectivity index (χ2n) is 5.01. The van der Waals surface area contributed by atoms with Gasteiger partial charge in [-0.25, -0.2) is 4.98 Å². The van der Waals surface area contributed by atoms with Gasteiger partial charge in [-0.15, -0.1) is 0 Å². The van der Waals surface area contributed by atoms with Crippen molar-refractivity contribution in [2.45, 2.75) is 44.9 Å². The van der Waals surface area contributed by atoms with Crippen LogP contribution in [0.1, 0.15) is 38.2 Å². The zero-order valence-corrected chi connectivity index (χ0v) is 11.3. The first-order chi connectivity index (χ1) is 8.84. The summed E-state index contributed by atoms with van der Waals surface area (Å²) in [5.74, 6) is 0.609. The normalized spacial score (nSPS) is 24.3. The van der Waals surface area contributed by atoms with Gasteiger partial charge in [0.05, 0.1) is 5.56 Å². The summed E-state index contributed by atoms with van der Waals surface area (Å²) < 4.78 is 43.4. The largest absolute Gasteiger partial charge is 0.474 e. The van der Waals surface area contributed by atoms with Gasteiger partial charge in [0.1, 0.15) is 11.3 Å². The van der Waals surface area contributed by atoms with E-state index in [0.717, 1.165) is 37.8 Å². The minimum atomic E-state index is -4.44. The van der Waals surface area contributed by atoms with Gasteiger partial charge in [-0.2, -0.15) is 13.2 Å². The van der Waals surface area contributed by atoms with Gasteiger partial charge in [-0.05, 0) is 37.7 Å². The molecule has 1 aromatic rings. The maximum absolute atomic E-state index is 12.6. The van der Waals surface area contributed by atoms with Crippen LogP contribution in [0.25, 0.3) is 0 Å². The Bertz CT molecular complexity index is 442. The topological polar surface area (TPSA) is 22.1 Å². The maximum Gasteiger partial charge on any atom is 0.416 e. The van der Waals surface area contributed by atoms with Gasteiger partial charge in [-0.3, -0.25) is 0 Å². The molecule has 19 heavy (non-hydrogen) atoms. The fourth-order valence-electron chi connectivity index (χ4n) is 2.21. The first-order valence-electron chi connectivity index (χ1n) is 6.26. The van der Waals surface area contributed by atoms with E-state index >= 15 is 0 Å². The Morgan fingerprint density at radius 3 is 2.42 bits per heavy atom. The summed E-state index contributed by atoms with van der Waals surface area (Å²) in [4.78, 5) is 3.80. The van der Waals surface area contributed by atoms with Crippen LogP contribution in [0.5, 0.6) is 5.88 Å². The number of alkyl halides is 3. The standard InChI is InChI=1S/C13H15ClF3NO/c1-8-2-4-10(5-3-8)19-12-7-9(13(15,16)17)6-11(14)18-12/h6-8,10H,2-5H2,1H3. The molecule has 1 aromatic heterocycles. The van der Waals surface area contributed by atoms with Gasteiger partial charge in [0.2, 0.25) is 5.88 Å². The monoisotopic (exact) mass is 293 g/mol. The maximum atomic E-state index is 12.6. The average Bonchev–Trinajstić information content (AvgIpc) is 2.30. The van der Waals surface area contributed by atoms with E-state index in [1.165, 1.54) is 0 Å². The highest BCUT2D eigenvalue weighted by Gasteiger charge is 2.32. The van der Waals surface area contributed by atoms with Crippen molar-refractivity contribution < 1.29 is 17.9 Å². The third-order valence-corrected chi connectivity index (χ3v) is 3.54. The van der Waals surface area contributed by atoms with Crippen LogP contribution in [0.4, 0.5) is 13.2 Å². The van der Waals surface area contributed by atoms with Crippen LogP contribution in [0.3, 0.4) is 0 Å². The molecule has 2 rings (SSSR count). The summed E-state index contributed by atoms with van der Waals surface area (Å²) in [7, 11) is 0. The Morgan fingerprint density at radius 1 is 1.21 bits per heavy atom. The quantitative estimate of drug-likeness (QED) is 0.737. The van der Waals surface area contributed by atoms with E-state index in [0.29, 0.717) is 5.92 Å². The van der Waals surface area contributed by atoms with Crippen molar-refractivity contribution >= 4 is 11.6 Å². The first-order valence-corrected chi connectivity index (χ1v) is 6.64. The van der Waals surface area contributed by atoms with Gasteiger partial charge in [0, 0.05) is 6.07 Å². The van der Waals surface area contributed by atoms with Gasteiger partial charge in [-0.1, -0.05) is 18.5 Å². The molecule has 1 saturated carbocycles. The number of ether oxygens (including phenoxy) is 1. The Labute approximate surface area is 114 Å². The van der Waals surface area contributed by atoms with Crippen LogP contribution in [-0.2, 0) is 6.18 Å². The van der Waals surface area contributed by atoms with Crippen molar-refractivity contribution in [3.05, 3.63) is 22.8 Å². The number of rotatable bonds is 2. The van der Waals surface area contributed by atoms with Gasteiger partial charge in [0.15, 0.2) is 0 Å². The lowest BCUT2D eigenvalue weighted by atomic mass is 9.89. The van der Waals surface area contributed by atoms with E-state index in [4.69, 9.17) is 16.3 Å². The molecule has 1 aliphatic rings. The summed E-state index contributed by atoms with van der Waals surface area (Å²) >= 11 is 5.61. The summed E-state index contributed by atoms with van der Waals surface area (Å²) in [6.07, 6.45) is -0.767. The number of pyridine rings is 1. The van der Waals surface area contributed by atoms with E-state index in [-0.39, 0.29) is 17.1 Å². The van der Waals surface area contributed by atoms with Gasteiger partial charge < -0.3 is 4.74 Å².